The molecule has 3 amide bonds. The van der Waals surface area contributed by atoms with Crippen LogP contribution >= 0.6 is 27.9 Å². The van der Waals surface area contributed by atoms with Crippen molar-refractivity contribution in [1.82, 2.24) is 16.0 Å². The SMILES string of the molecule is CC(C)CC(NC(=O)C(Cc1ccccc1)NC(=O)CNC(=O)OC(C)(C)C)C(=O)CCC([O-])=PI. The minimum absolute atomic E-state index is 0.0437. The molecule has 200 valence electrons. The highest BCUT2D eigenvalue weighted by molar-refractivity contribution is 14.2. The third-order valence-corrected chi connectivity index (χ3v) is 6.84. The molecule has 0 aliphatic rings. The highest BCUT2D eigenvalue weighted by atomic mass is 127. The van der Waals surface area contributed by atoms with Gasteiger partial charge in [0, 0.05) is 12.8 Å². The Morgan fingerprint density at radius 2 is 1.67 bits per heavy atom. The molecule has 0 saturated heterocycles. The minimum Gasteiger partial charge on any atom is -0.827 e. The maximum absolute atomic E-state index is 13.2. The maximum Gasteiger partial charge on any atom is 0.408 e. The standard InChI is InChI=1S/C25H37IN3O6P/c1-16(2)13-18(20(30)11-12-22(32)36-26)29-23(33)19(14-17-9-7-6-8-10-17)28-21(31)15-27-24(34)35-25(3,4)5/h6-10,16,18-19,32H,11-15H2,1-5H3,(H,27,34)(H,28,31)(H,29,33)/p-1. The van der Waals surface area contributed by atoms with Crippen molar-refractivity contribution in [1.29, 1.82) is 0 Å². The van der Waals surface area contributed by atoms with E-state index < -0.39 is 35.6 Å². The molecule has 0 fully saturated rings. The molecule has 36 heavy (non-hydrogen) atoms. The van der Waals surface area contributed by atoms with Gasteiger partial charge in [-0.2, -0.15) is 0 Å². The van der Waals surface area contributed by atoms with Crippen molar-refractivity contribution >= 4 is 57.1 Å². The van der Waals surface area contributed by atoms with Gasteiger partial charge in [0.2, 0.25) is 11.8 Å². The van der Waals surface area contributed by atoms with Crippen molar-refractivity contribution in [2.75, 3.05) is 6.54 Å². The molecule has 1 aromatic carbocycles. The molecular formula is C25H36IN3O6P-. The second-order valence-corrected chi connectivity index (χ2v) is 11.9. The van der Waals surface area contributed by atoms with Gasteiger partial charge in [-0.3, -0.25) is 14.4 Å². The Morgan fingerprint density at radius 3 is 2.22 bits per heavy atom. The number of ether oxygens (including phenoxy) is 1. The molecule has 2 unspecified atom stereocenters. The lowest BCUT2D eigenvalue weighted by Crippen LogP contribution is -2.54. The van der Waals surface area contributed by atoms with Crippen LogP contribution in [0.3, 0.4) is 0 Å². The first-order chi connectivity index (χ1) is 16.8. The summed E-state index contributed by atoms with van der Waals surface area (Å²) in [6.45, 7) is 8.62. The number of hydrogen-bond donors (Lipinski definition) is 3. The molecule has 0 spiro atoms. The number of rotatable bonds is 13. The van der Waals surface area contributed by atoms with Crippen LogP contribution in [0.1, 0.15) is 59.4 Å². The van der Waals surface area contributed by atoms with Gasteiger partial charge < -0.3 is 25.8 Å². The van der Waals surface area contributed by atoms with Crippen molar-refractivity contribution in [3.8, 4) is 0 Å². The van der Waals surface area contributed by atoms with Crippen LogP contribution in [0.25, 0.3) is 0 Å². The number of carbonyl (C=O) groups excluding carboxylic acids is 4. The van der Waals surface area contributed by atoms with Crippen molar-refractivity contribution in [3.05, 3.63) is 35.9 Å². The van der Waals surface area contributed by atoms with E-state index in [1.807, 2.05) is 66.2 Å². The lowest BCUT2D eigenvalue weighted by molar-refractivity contribution is -0.212. The highest BCUT2D eigenvalue weighted by Crippen LogP contribution is 2.14. The van der Waals surface area contributed by atoms with E-state index in [1.54, 1.807) is 20.8 Å². The smallest absolute Gasteiger partial charge is 0.408 e. The van der Waals surface area contributed by atoms with Crippen LogP contribution in [0.4, 0.5) is 4.79 Å². The number of alkyl carbamates (subject to hydrolysis) is 1. The van der Waals surface area contributed by atoms with Gasteiger partial charge in [-0.25, -0.2) is 4.79 Å². The molecule has 0 aliphatic carbocycles. The van der Waals surface area contributed by atoms with E-state index in [0.29, 0.717) is 12.3 Å². The molecule has 3 N–H and O–H groups in total. The number of Topliss-reactive ketones (excluding diaryl/α,β-unsaturated/α-hetero) is 1. The predicted octanol–water partition coefficient (Wildman–Crippen LogP) is 2.91. The van der Waals surface area contributed by atoms with Crippen molar-refractivity contribution in [2.45, 2.75) is 78.0 Å². The maximum atomic E-state index is 13.2. The van der Waals surface area contributed by atoms with Crippen LogP contribution in [-0.4, -0.2) is 53.4 Å². The van der Waals surface area contributed by atoms with E-state index in [0.717, 1.165) is 5.56 Å². The monoisotopic (exact) mass is 632 g/mol. The normalized spacial score (nSPS) is 13.5. The Kier molecular flexibility index (Phi) is 14.2. The summed E-state index contributed by atoms with van der Waals surface area (Å²) in [6, 6.07) is 7.41. The third-order valence-electron chi connectivity index (χ3n) is 4.82. The molecule has 0 radical (unpaired) electrons. The van der Waals surface area contributed by atoms with Gasteiger partial charge in [0.15, 0.2) is 5.78 Å². The summed E-state index contributed by atoms with van der Waals surface area (Å²) in [5.74, 6) is -0.620. The molecule has 0 heterocycles. The van der Waals surface area contributed by atoms with Crippen LogP contribution in [0.15, 0.2) is 30.3 Å². The van der Waals surface area contributed by atoms with Gasteiger partial charge in [-0.1, -0.05) is 44.2 Å². The highest BCUT2D eigenvalue weighted by Gasteiger charge is 2.27. The van der Waals surface area contributed by atoms with Gasteiger partial charge in [0.05, 0.1) is 6.04 Å². The van der Waals surface area contributed by atoms with E-state index in [-0.39, 0.29) is 43.0 Å². The number of amides is 3. The van der Waals surface area contributed by atoms with E-state index in [2.05, 4.69) is 16.0 Å². The van der Waals surface area contributed by atoms with Crippen LogP contribution in [0.2, 0.25) is 0 Å². The van der Waals surface area contributed by atoms with Gasteiger partial charge in [-0.15, -0.1) is 5.48 Å². The molecule has 2 atom stereocenters. The van der Waals surface area contributed by atoms with Crippen LogP contribution in [-0.2, 0) is 25.5 Å². The van der Waals surface area contributed by atoms with E-state index >= 15 is 0 Å². The summed E-state index contributed by atoms with van der Waals surface area (Å²) in [7, 11) is 0. The fraction of sp³-hybridized carbons (Fsp3) is 0.560. The summed E-state index contributed by atoms with van der Waals surface area (Å²) in [6.07, 6.45) is 0.0211. The first-order valence-electron chi connectivity index (χ1n) is 11.8. The summed E-state index contributed by atoms with van der Waals surface area (Å²) in [5, 5.41) is 19.5. The number of carbonyl (C=O) groups is 4. The Balaban J connectivity index is 2.94. The van der Waals surface area contributed by atoms with E-state index in [1.165, 1.54) is 0 Å². The Morgan fingerprint density at radius 1 is 1.03 bits per heavy atom. The summed E-state index contributed by atoms with van der Waals surface area (Å²) in [4.78, 5) is 50.5. The van der Waals surface area contributed by atoms with Crippen LogP contribution in [0.5, 0.6) is 0 Å². The van der Waals surface area contributed by atoms with Gasteiger partial charge >= 0.3 is 6.09 Å². The quantitative estimate of drug-likeness (QED) is 0.226. The molecule has 9 nitrogen and oxygen atoms in total. The van der Waals surface area contributed by atoms with Gasteiger partial charge in [-0.05, 0) is 73.0 Å². The molecule has 0 saturated carbocycles. The number of benzene rings is 1. The number of halogens is 1. The zero-order valence-electron chi connectivity index (χ0n) is 21.4. The number of ketones is 1. The largest absolute Gasteiger partial charge is 0.827 e. The molecule has 1 rings (SSSR count). The topological polar surface area (TPSA) is 137 Å². The molecule has 1 aromatic rings. The summed E-state index contributed by atoms with van der Waals surface area (Å²) >= 11 is 1.93. The van der Waals surface area contributed by atoms with E-state index in [4.69, 9.17) is 4.74 Å². The fourth-order valence-corrected chi connectivity index (χ4v) is 4.15. The van der Waals surface area contributed by atoms with Crippen molar-refractivity contribution < 1.29 is 29.0 Å². The summed E-state index contributed by atoms with van der Waals surface area (Å²) in [5.41, 5.74) is 0.0523. The van der Waals surface area contributed by atoms with Gasteiger partial charge in [0.1, 0.15) is 18.2 Å². The van der Waals surface area contributed by atoms with Crippen molar-refractivity contribution in [3.63, 3.8) is 0 Å². The second kappa shape index (κ2) is 15.9. The number of nitrogens with one attached hydrogen (secondary N) is 3. The van der Waals surface area contributed by atoms with E-state index in [9.17, 15) is 24.3 Å². The molecular weight excluding hydrogens is 596 g/mol. The molecule has 0 aromatic heterocycles. The lowest BCUT2D eigenvalue weighted by atomic mass is 9.96. The Labute approximate surface area is 227 Å². The Bertz CT molecular complexity index is 918. The molecule has 11 heteroatoms. The molecule has 0 aliphatic heterocycles. The zero-order chi connectivity index (χ0) is 27.3. The van der Waals surface area contributed by atoms with Crippen LogP contribution < -0.4 is 21.1 Å². The fourth-order valence-electron chi connectivity index (χ4n) is 3.23. The number of hydrogen-bond acceptors (Lipinski definition) is 6. The Hall–Kier alpha value is -2.04. The summed E-state index contributed by atoms with van der Waals surface area (Å²) < 4.78 is 5.13. The minimum atomic E-state index is -0.975. The third kappa shape index (κ3) is 13.9. The zero-order valence-corrected chi connectivity index (χ0v) is 24.5. The average Bonchev–Trinajstić information content (AvgIpc) is 2.79. The molecule has 0 bridgehead atoms. The average molecular weight is 632 g/mol. The second-order valence-electron chi connectivity index (χ2n) is 9.80. The van der Waals surface area contributed by atoms with Crippen molar-refractivity contribution in [2.24, 2.45) is 5.92 Å². The van der Waals surface area contributed by atoms with Gasteiger partial charge in [0.25, 0.3) is 0 Å². The van der Waals surface area contributed by atoms with Crippen LogP contribution in [0, 0.1) is 5.92 Å². The predicted molar refractivity (Wildman–Crippen MR) is 148 cm³/mol. The first-order valence-corrected chi connectivity index (χ1v) is 15.5. The lowest BCUT2D eigenvalue weighted by Gasteiger charge is -2.25. The first kappa shape index (κ1) is 32.0.